The largest absolute Gasteiger partial charge is 0.223 e. The number of fused-ring (bicyclic) bond motifs is 1. The van der Waals surface area contributed by atoms with Gasteiger partial charge in [0.25, 0.3) is 0 Å². The molecule has 20 heavy (non-hydrogen) atoms. The fraction of sp³-hybridized carbons (Fsp3) is 0.529. The Hall–Kier alpha value is -1.09. The van der Waals surface area contributed by atoms with E-state index in [0.29, 0.717) is 16.7 Å². The molecule has 0 amide bonds. The van der Waals surface area contributed by atoms with Gasteiger partial charge in [0.2, 0.25) is 0 Å². The SMILES string of the molecule is C=C(C)[C@H]1C[C@@H]2[C@@H](C)[C@]2(S(=O)(=O)c2ccc(C)cc2)C1. The summed E-state index contributed by atoms with van der Waals surface area (Å²) in [4.78, 5) is 0.486. The van der Waals surface area contributed by atoms with E-state index in [1.807, 2.05) is 26.0 Å². The van der Waals surface area contributed by atoms with Gasteiger partial charge in [0, 0.05) is 0 Å². The Labute approximate surface area is 121 Å². The molecule has 0 bridgehead atoms. The van der Waals surface area contributed by atoms with E-state index in [0.717, 1.165) is 24.0 Å². The first-order valence-electron chi connectivity index (χ1n) is 7.27. The minimum atomic E-state index is -3.24. The highest BCUT2D eigenvalue weighted by atomic mass is 32.2. The first-order chi connectivity index (χ1) is 9.30. The van der Waals surface area contributed by atoms with Crippen molar-refractivity contribution in [3.05, 3.63) is 42.0 Å². The summed E-state index contributed by atoms with van der Waals surface area (Å²) in [5.74, 6) is 0.969. The summed E-state index contributed by atoms with van der Waals surface area (Å²) in [5, 5.41) is 0. The molecule has 2 aliphatic carbocycles. The van der Waals surface area contributed by atoms with Crippen molar-refractivity contribution in [1.82, 2.24) is 0 Å². The Bertz CT molecular complexity index is 657. The summed E-state index contributed by atoms with van der Waals surface area (Å²) >= 11 is 0. The van der Waals surface area contributed by atoms with Crippen LogP contribution in [0.15, 0.2) is 41.3 Å². The molecular formula is C17H22O2S. The van der Waals surface area contributed by atoms with Crippen molar-refractivity contribution in [3.8, 4) is 0 Å². The molecule has 0 N–H and O–H groups in total. The third-order valence-electron chi connectivity index (χ3n) is 5.53. The predicted octanol–water partition coefficient (Wildman–Crippen LogP) is 3.76. The lowest BCUT2D eigenvalue weighted by Crippen LogP contribution is -2.26. The zero-order valence-corrected chi connectivity index (χ0v) is 13.2. The van der Waals surface area contributed by atoms with Gasteiger partial charge < -0.3 is 0 Å². The first-order valence-corrected chi connectivity index (χ1v) is 8.75. The fourth-order valence-electron chi connectivity index (χ4n) is 4.07. The van der Waals surface area contributed by atoms with Gasteiger partial charge in [-0.05, 0) is 56.6 Å². The molecule has 0 aromatic heterocycles. The van der Waals surface area contributed by atoms with Crippen molar-refractivity contribution in [2.45, 2.75) is 43.3 Å². The summed E-state index contributed by atoms with van der Waals surface area (Å²) in [5.41, 5.74) is 2.22. The fourth-order valence-corrected chi connectivity index (χ4v) is 6.71. The standard InChI is InChI=1S/C17H22O2S/c1-11(2)14-9-16-13(4)17(16,10-14)20(18,19)15-7-5-12(3)6-8-15/h5-8,13-14,16H,1,9-10H2,2-4H3/t13-,14+,16-,17-/m1/s1. The molecule has 0 aliphatic heterocycles. The highest BCUT2D eigenvalue weighted by molar-refractivity contribution is 7.93. The second kappa shape index (κ2) is 4.20. The predicted molar refractivity (Wildman–Crippen MR) is 81.3 cm³/mol. The summed E-state index contributed by atoms with van der Waals surface area (Å²) < 4.78 is 25.6. The summed E-state index contributed by atoms with van der Waals surface area (Å²) in [6, 6.07) is 7.29. The zero-order chi connectivity index (χ0) is 14.7. The van der Waals surface area contributed by atoms with E-state index in [2.05, 4.69) is 13.5 Å². The molecule has 2 nitrogen and oxygen atoms in total. The maximum absolute atomic E-state index is 13.1. The maximum atomic E-state index is 13.1. The molecule has 1 aromatic carbocycles. The molecule has 2 fully saturated rings. The Balaban J connectivity index is 2.00. The van der Waals surface area contributed by atoms with Crippen molar-refractivity contribution in [1.29, 1.82) is 0 Å². The number of rotatable bonds is 3. The Morgan fingerprint density at radius 2 is 1.90 bits per heavy atom. The number of hydrogen-bond donors (Lipinski definition) is 0. The molecule has 3 heteroatoms. The van der Waals surface area contributed by atoms with Crippen LogP contribution in [0.5, 0.6) is 0 Å². The third-order valence-corrected chi connectivity index (χ3v) is 8.26. The van der Waals surface area contributed by atoms with Crippen LogP contribution in [0.4, 0.5) is 0 Å². The van der Waals surface area contributed by atoms with E-state index in [4.69, 9.17) is 0 Å². The molecule has 0 unspecified atom stereocenters. The highest BCUT2D eigenvalue weighted by Gasteiger charge is 2.73. The minimum absolute atomic E-state index is 0.282. The second-order valence-corrected chi connectivity index (χ2v) is 8.89. The van der Waals surface area contributed by atoms with E-state index < -0.39 is 14.6 Å². The van der Waals surface area contributed by atoms with E-state index in [1.165, 1.54) is 0 Å². The molecule has 3 rings (SSSR count). The van der Waals surface area contributed by atoms with Crippen molar-refractivity contribution in [3.63, 3.8) is 0 Å². The number of sulfone groups is 1. The van der Waals surface area contributed by atoms with Crippen molar-refractivity contribution < 1.29 is 8.42 Å². The molecule has 4 atom stereocenters. The van der Waals surface area contributed by atoms with Gasteiger partial charge in [-0.1, -0.05) is 36.8 Å². The van der Waals surface area contributed by atoms with Gasteiger partial charge in [-0.2, -0.15) is 0 Å². The van der Waals surface area contributed by atoms with Crippen LogP contribution in [0.25, 0.3) is 0 Å². The van der Waals surface area contributed by atoms with E-state index in [-0.39, 0.29) is 5.92 Å². The lowest BCUT2D eigenvalue weighted by molar-refractivity contribution is 0.503. The maximum Gasteiger partial charge on any atom is 0.184 e. The smallest absolute Gasteiger partial charge is 0.184 e. The van der Waals surface area contributed by atoms with E-state index in [1.54, 1.807) is 12.1 Å². The average Bonchev–Trinajstić information content (AvgIpc) is 2.80. The third kappa shape index (κ3) is 1.65. The molecule has 108 valence electrons. The number of hydrogen-bond acceptors (Lipinski definition) is 2. The molecular weight excluding hydrogens is 268 g/mol. The Morgan fingerprint density at radius 3 is 2.45 bits per heavy atom. The van der Waals surface area contributed by atoms with Crippen molar-refractivity contribution in [2.24, 2.45) is 17.8 Å². The highest BCUT2D eigenvalue weighted by Crippen LogP contribution is 2.69. The monoisotopic (exact) mass is 290 g/mol. The lowest BCUT2D eigenvalue weighted by Gasteiger charge is -2.19. The first kappa shape index (κ1) is 13.9. The van der Waals surface area contributed by atoms with Crippen LogP contribution in [0.3, 0.4) is 0 Å². The average molecular weight is 290 g/mol. The van der Waals surface area contributed by atoms with Gasteiger partial charge in [0.05, 0.1) is 9.64 Å². The van der Waals surface area contributed by atoms with Gasteiger partial charge >= 0.3 is 0 Å². The molecule has 0 radical (unpaired) electrons. The van der Waals surface area contributed by atoms with Crippen molar-refractivity contribution in [2.75, 3.05) is 0 Å². The van der Waals surface area contributed by atoms with Crippen LogP contribution in [-0.2, 0) is 9.84 Å². The summed E-state index contributed by atoms with van der Waals surface area (Å²) in [6.45, 7) is 10.1. The lowest BCUT2D eigenvalue weighted by atomic mass is 9.94. The van der Waals surface area contributed by atoms with Crippen LogP contribution in [0.2, 0.25) is 0 Å². The normalized spacial score (nSPS) is 35.6. The number of allylic oxidation sites excluding steroid dienone is 1. The Morgan fingerprint density at radius 1 is 1.30 bits per heavy atom. The molecule has 0 heterocycles. The Kier molecular flexibility index (Phi) is 2.91. The van der Waals surface area contributed by atoms with Gasteiger partial charge in [0.15, 0.2) is 9.84 Å². The van der Waals surface area contributed by atoms with Crippen molar-refractivity contribution >= 4 is 9.84 Å². The van der Waals surface area contributed by atoms with Gasteiger partial charge in [-0.3, -0.25) is 0 Å². The minimum Gasteiger partial charge on any atom is -0.223 e. The van der Waals surface area contributed by atoms with E-state index >= 15 is 0 Å². The molecule has 1 aromatic rings. The molecule has 2 saturated carbocycles. The summed E-state index contributed by atoms with van der Waals surface area (Å²) in [7, 11) is -3.24. The van der Waals surface area contributed by atoms with Gasteiger partial charge in [-0.15, -0.1) is 0 Å². The number of aryl methyl sites for hydroxylation is 1. The molecule has 0 spiro atoms. The zero-order valence-electron chi connectivity index (χ0n) is 12.4. The second-order valence-electron chi connectivity index (χ2n) is 6.65. The quantitative estimate of drug-likeness (QED) is 0.794. The van der Waals surface area contributed by atoms with Crippen LogP contribution in [0, 0.1) is 24.7 Å². The topological polar surface area (TPSA) is 34.1 Å². The van der Waals surface area contributed by atoms with Gasteiger partial charge in [0.1, 0.15) is 0 Å². The number of benzene rings is 1. The van der Waals surface area contributed by atoms with Crippen LogP contribution in [-0.4, -0.2) is 13.2 Å². The molecule has 2 aliphatic rings. The van der Waals surface area contributed by atoms with E-state index in [9.17, 15) is 8.42 Å². The molecule has 0 saturated heterocycles. The summed E-state index contributed by atoms with van der Waals surface area (Å²) in [6.07, 6.45) is 1.74. The van der Waals surface area contributed by atoms with Crippen LogP contribution >= 0.6 is 0 Å². The van der Waals surface area contributed by atoms with Crippen LogP contribution in [0.1, 0.15) is 32.3 Å². The van der Waals surface area contributed by atoms with Gasteiger partial charge in [-0.25, -0.2) is 8.42 Å². The van der Waals surface area contributed by atoms with Crippen LogP contribution < -0.4 is 0 Å².